The van der Waals surface area contributed by atoms with E-state index in [-0.39, 0.29) is 5.91 Å². The number of ether oxygens (including phenoxy) is 2. The van der Waals surface area contributed by atoms with Crippen LogP contribution in [-0.4, -0.2) is 37.0 Å². The van der Waals surface area contributed by atoms with Crippen molar-refractivity contribution < 1.29 is 14.3 Å². The van der Waals surface area contributed by atoms with Gasteiger partial charge in [0.2, 0.25) is 5.91 Å². The summed E-state index contributed by atoms with van der Waals surface area (Å²) >= 11 is 0. The molecule has 1 amide bonds. The molecule has 0 fully saturated rings. The zero-order chi connectivity index (χ0) is 16.8. The summed E-state index contributed by atoms with van der Waals surface area (Å²) in [5.41, 5.74) is 1.66. The third-order valence-corrected chi connectivity index (χ3v) is 3.55. The standard InChI is InChI=1S/C16H22N4O3/c1-17-15(12-9-19-20(2)10-12)16(21)18-8-11-7-13(22-3)5-6-14(11)23-4/h5-7,9-10,15,17H,8H2,1-4H3,(H,18,21). The highest BCUT2D eigenvalue weighted by Gasteiger charge is 2.20. The zero-order valence-electron chi connectivity index (χ0n) is 13.8. The third-order valence-electron chi connectivity index (χ3n) is 3.55. The topological polar surface area (TPSA) is 77.4 Å². The number of methoxy groups -OCH3 is 2. The molecule has 2 aromatic rings. The first-order valence-corrected chi connectivity index (χ1v) is 7.23. The van der Waals surface area contributed by atoms with Crippen molar-refractivity contribution in [1.29, 1.82) is 0 Å². The van der Waals surface area contributed by atoms with Gasteiger partial charge in [0.15, 0.2) is 0 Å². The molecule has 1 aromatic carbocycles. The molecule has 0 saturated heterocycles. The molecule has 0 aliphatic rings. The van der Waals surface area contributed by atoms with Gasteiger partial charge in [-0.2, -0.15) is 5.10 Å². The van der Waals surface area contributed by atoms with Gasteiger partial charge in [-0.3, -0.25) is 9.48 Å². The summed E-state index contributed by atoms with van der Waals surface area (Å²) in [5.74, 6) is 1.28. The van der Waals surface area contributed by atoms with Crippen LogP contribution in [0.4, 0.5) is 0 Å². The fourth-order valence-electron chi connectivity index (χ4n) is 2.34. The van der Waals surface area contributed by atoms with Crippen molar-refractivity contribution in [2.45, 2.75) is 12.6 Å². The number of benzene rings is 1. The van der Waals surface area contributed by atoms with E-state index in [9.17, 15) is 4.79 Å². The predicted molar refractivity (Wildman–Crippen MR) is 86.4 cm³/mol. The normalized spacial score (nSPS) is 11.8. The monoisotopic (exact) mass is 318 g/mol. The summed E-state index contributed by atoms with van der Waals surface area (Å²) in [6, 6.07) is 5.02. The maximum atomic E-state index is 12.4. The lowest BCUT2D eigenvalue weighted by molar-refractivity contribution is -0.123. The highest BCUT2D eigenvalue weighted by Crippen LogP contribution is 2.24. The summed E-state index contributed by atoms with van der Waals surface area (Å²) < 4.78 is 12.2. The lowest BCUT2D eigenvalue weighted by Gasteiger charge is -2.16. The van der Waals surface area contributed by atoms with E-state index in [2.05, 4.69) is 15.7 Å². The van der Waals surface area contributed by atoms with Crippen LogP contribution in [0.15, 0.2) is 30.6 Å². The van der Waals surface area contributed by atoms with Crippen molar-refractivity contribution in [3.8, 4) is 11.5 Å². The van der Waals surface area contributed by atoms with Crippen molar-refractivity contribution >= 4 is 5.91 Å². The Labute approximate surface area is 135 Å². The minimum Gasteiger partial charge on any atom is -0.497 e. The van der Waals surface area contributed by atoms with E-state index in [1.807, 2.05) is 31.4 Å². The molecule has 0 radical (unpaired) electrons. The second-order valence-corrected chi connectivity index (χ2v) is 5.06. The van der Waals surface area contributed by atoms with Crippen molar-refractivity contribution in [2.24, 2.45) is 7.05 Å². The van der Waals surface area contributed by atoms with Gasteiger partial charge in [-0.05, 0) is 25.2 Å². The second kappa shape index (κ2) is 7.64. The Bertz CT molecular complexity index is 669. The van der Waals surface area contributed by atoms with E-state index >= 15 is 0 Å². The first-order chi connectivity index (χ1) is 11.1. The summed E-state index contributed by atoms with van der Waals surface area (Å²) in [4.78, 5) is 12.4. The number of aromatic nitrogens is 2. The molecule has 0 aliphatic carbocycles. The van der Waals surface area contributed by atoms with Crippen LogP contribution >= 0.6 is 0 Å². The molecular weight excluding hydrogens is 296 g/mol. The number of aryl methyl sites for hydroxylation is 1. The van der Waals surface area contributed by atoms with Gasteiger partial charge >= 0.3 is 0 Å². The lowest BCUT2D eigenvalue weighted by Crippen LogP contribution is -2.35. The molecule has 2 rings (SSSR count). The Morgan fingerprint density at radius 3 is 2.70 bits per heavy atom. The molecule has 7 nitrogen and oxygen atoms in total. The molecule has 124 valence electrons. The third kappa shape index (κ3) is 4.01. The fraction of sp³-hybridized carbons (Fsp3) is 0.375. The highest BCUT2D eigenvalue weighted by atomic mass is 16.5. The number of hydrogen-bond donors (Lipinski definition) is 2. The Kier molecular flexibility index (Phi) is 5.59. The van der Waals surface area contributed by atoms with Gasteiger partial charge in [0.25, 0.3) is 0 Å². The van der Waals surface area contributed by atoms with Crippen molar-refractivity contribution in [1.82, 2.24) is 20.4 Å². The van der Waals surface area contributed by atoms with E-state index in [1.165, 1.54) is 0 Å². The van der Waals surface area contributed by atoms with Crippen LogP contribution in [0.25, 0.3) is 0 Å². The molecule has 0 aliphatic heterocycles. The quantitative estimate of drug-likeness (QED) is 0.797. The number of rotatable bonds is 7. The number of amides is 1. The summed E-state index contributed by atoms with van der Waals surface area (Å²) in [7, 11) is 6.75. The van der Waals surface area contributed by atoms with Gasteiger partial charge in [-0.1, -0.05) is 0 Å². The number of hydrogen-bond acceptors (Lipinski definition) is 5. The molecule has 23 heavy (non-hydrogen) atoms. The first kappa shape index (κ1) is 16.8. The summed E-state index contributed by atoms with van der Waals surface area (Å²) in [6.07, 6.45) is 3.49. The molecule has 2 N–H and O–H groups in total. The van der Waals surface area contributed by atoms with Crippen LogP contribution in [-0.2, 0) is 18.4 Å². The molecule has 1 heterocycles. The molecule has 0 bridgehead atoms. The lowest BCUT2D eigenvalue weighted by atomic mass is 10.1. The zero-order valence-corrected chi connectivity index (χ0v) is 13.8. The van der Waals surface area contributed by atoms with Crippen molar-refractivity contribution in [3.05, 3.63) is 41.7 Å². The largest absolute Gasteiger partial charge is 0.497 e. The molecule has 7 heteroatoms. The Morgan fingerprint density at radius 1 is 1.35 bits per heavy atom. The van der Waals surface area contributed by atoms with Gasteiger partial charge in [0.05, 0.1) is 20.4 Å². The summed E-state index contributed by atoms with van der Waals surface area (Å²) in [6.45, 7) is 0.345. The van der Waals surface area contributed by atoms with E-state index < -0.39 is 6.04 Å². The summed E-state index contributed by atoms with van der Waals surface area (Å²) in [5, 5.41) is 10.0. The van der Waals surface area contributed by atoms with E-state index in [0.29, 0.717) is 18.0 Å². The van der Waals surface area contributed by atoms with Crippen LogP contribution in [0.2, 0.25) is 0 Å². The predicted octanol–water partition coefficient (Wildman–Crippen LogP) is 1.01. The Hall–Kier alpha value is -2.54. The maximum Gasteiger partial charge on any atom is 0.242 e. The molecular formula is C16H22N4O3. The van der Waals surface area contributed by atoms with E-state index in [1.54, 1.807) is 32.1 Å². The number of carbonyl (C=O) groups is 1. The molecule has 1 atom stereocenters. The average Bonchev–Trinajstić information content (AvgIpc) is 2.99. The van der Waals surface area contributed by atoms with Crippen LogP contribution in [0.1, 0.15) is 17.2 Å². The fourth-order valence-corrected chi connectivity index (χ4v) is 2.34. The van der Waals surface area contributed by atoms with Crippen LogP contribution in [0.3, 0.4) is 0 Å². The van der Waals surface area contributed by atoms with Gasteiger partial charge in [0.1, 0.15) is 17.5 Å². The van der Waals surface area contributed by atoms with Crippen molar-refractivity contribution in [3.63, 3.8) is 0 Å². The first-order valence-electron chi connectivity index (χ1n) is 7.23. The SMILES string of the molecule is CNC(C(=O)NCc1cc(OC)ccc1OC)c1cnn(C)c1. The number of carbonyl (C=O) groups excluding carboxylic acids is 1. The van der Waals surface area contributed by atoms with Crippen LogP contribution in [0, 0.1) is 0 Å². The molecule has 1 unspecified atom stereocenters. The molecule has 1 aromatic heterocycles. The Balaban J connectivity index is 2.08. The van der Waals surface area contributed by atoms with Crippen molar-refractivity contribution in [2.75, 3.05) is 21.3 Å². The average molecular weight is 318 g/mol. The second-order valence-electron chi connectivity index (χ2n) is 5.06. The number of nitrogens with one attached hydrogen (secondary N) is 2. The van der Waals surface area contributed by atoms with Crippen LogP contribution in [0.5, 0.6) is 11.5 Å². The van der Waals surface area contributed by atoms with E-state index in [0.717, 1.165) is 11.1 Å². The van der Waals surface area contributed by atoms with Crippen LogP contribution < -0.4 is 20.1 Å². The number of nitrogens with zero attached hydrogens (tertiary/aromatic N) is 2. The highest BCUT2D eigenvalue weighted by molar-refractivity contribution is 5.83. The number of likely N-dealkylation sites (N-methyl/N-ethyl adjacent to an activating group) is 1. The molecule has 0 spiro atoms. The Morgan fingerprint density at radius 2 is 2.13 bits per heavy atom. The minimum atomic E-state index is -0.458. The smallest absolute Gasteiger partial charge is 0.242 e. The van der Waals surface area contributed by atoms with Gasteiger partial charge < -0.3 is 20.1 Å². The van der Waals surface area contributed by atoms with Gasteiger partial charge in [-0.25, -0.2) is 0 Å². The maximum absolute atomic E-state index is 12.4. The van der Waals surface area contributed by atoms with Gasteiger partial charge in [-0.15, -0.1) is 0 Å². The molecule has 0 saturated carbocycles. The van der Waals surface area contributed by atoms with E-state index in [4.69, 9.17) is 9.47 Å². The van der Waals surface area contributed by atoms with Gasteiger partial charge in [0, 0.05) is 30.9 Å². The minimum absolute atomic E-state index is 0.134.